The minimum Gasteiger partial charge on any atom is -0.345 e. The average Bonchev–Trinajstić information content (AvgIpc) is 3.06. The molecule has 1 aliphatic carbocycles. The van der Waals surface area contributed by atoms with Crippen molar-refractivity contribution in [2.45, 2.75) is 39.0 Å². The summed E-state index contributed by atoms with van der Waals surface area (Å²) in [5.74, 6) is -0.0758. The molecule has 2 aliphatic heterocycles. The fraction of sp³-hybridized carbons (Fsp3) is 0.667. The van der Waals surface area contributed by atoms with Crippen LogP contribution in [0.1, 0.15) is 20.8 Å². The maximum absolute atomic E-state index is 12.7. The molecule has 2 heterocycles. The predicted octanol–water partition coefficient (Wildman–Crippen LogP) is 0.268. The Morgan fingerprint density at radius 3 is 2.36 bits per heavy atom. The van der Waals surface area contributed by atoms with Gasteiger partial charge in [0.2, 0.25) is 5.91 Å². The second kappa shape index (κ2) is 6.90. The van der Waals surface area contributed by atoms with Crippen LogP contribution in [-0.4, -0.2) is 72.8 Å². The lowest BCUT2D eigenvalue weighted by atomic mass is 9.86. The van der Waals surface area contributed by atoms with E-state index >= 15 is 0 Å². The molecule has 2 N–H and O–H groups in total. The highest BCUT2D eigenvalue weighted by Crippen LogP contribution is 2.24. The van der Waals surface area contributed by atoms with Crippen LogP contribution in [0.2, 0.25) is 0 Å². The Morgan fingerprint density at radius 2 is 1.72 bits per heavy atom. The topological polar surface area (TPSA) is 85.1 Å². The van der Waals surface area contributed by atoms with Crippen molar-refractivity contribution in [3.63, 3.8) is 0 Å². The summed E-state index contributed by atoms with van der Waals surface area (Å²) >= 11 is 0. The quantitative estimate of drug-likeness (QED) is 0.773. The van der Waals surface area contributed by atoms with E-state index < -0.39 is 6.04 Å². The van der Waals surface area contributed by atoms with E-state index in [1.54, 1.807) is 15.9 Å². The highest BCUT2D eigenvalue weighted by atomic mass is 16.7. The van der Waals surface area contributed by atoms with E-state index in [1.165, 1.54) is 0 Å². The monoisotopic (exact) mass is 349 g/mol. The molecular weight excluding hydrogens is 322 g/mol. The van der Waals surface area contributed by atoms with Gasteiger partial charge in [0.15, 0.2) is 0 Å². The van der Waals surface area contributed by atoms with Gasteiger partial charge in [-0.15, -0.1) is 0 Å². The molecule has 0 radical (unpaired) electrons. The molecule has 0 aromatic carbocycles. The number of fused-ring (bicyclic) bond motifs is 1. The van der Waals surface area contributed by atoms with Crippen LogP contribution in [0.3, 0.4) is 0 Å². The Balaban J connectivity index is 1.56. The molecule has 3 unspecified atom stereocenters. The van der Waals surface area contributed by atoms with E-state index in [2.05, 4.69) is 0 Å². The minimum atomic E-state index is -0.532. The van der Waals surface area contributed by atoms with Crippen LogP contribution >= 0.6 is 0 Å². The molecule has 138 valence electrons. The predicted molar refractivity (Wildman–Crippen MR) is 92.4 cm³/mol. The molecule has 2 saturated heterocycles. The van der Waals surface area contributed by atoms with Gasteiger partial charge in [-0.2, -0.15) is 0 Å². The van der Waals surface area contributed by atoms with Gasteiger partial charge in [0.25, 0.3) is 5.91 Å². The molecule has 25 heavy (non-hydrogen) atoms. The summed E-state index contributed by atoms with van der Waals surface area (Å²) < 4.78 is 10.8. The van der Waals surface area contributed by atoms with Crippen molar-refractivity contribution in [1.82, 2.24) is 9.80 Å². The van der Waals surface area contributed by atoms with E-state index in [0.717, 1.165) is 0 Å². The SMILES string of the molecule is CC(C)(C)C(N)C(=O)N1CCN(C(=O)C2=CC3OCOC3C=C2)CC1. The third-order valence-electron chi connectivity index (χ3n) is 4.98. The first-order valence-corrected chi connectivity index (χ1v) is 8.74. The Kier molecular flexibility index (Phi) is 4.99. The lowest BCUT2D eigenvalue weighted by Gasteiger charge is -2.38. The fourth-order valence-electron chi connectivity index (χ4n) is 3.15. The van der Waals surface area contributed by atoms with Gasteiger partial charge in [-0.05, 0) is 11.5 Å². The second-order valence-electron chi connectivity index (χ2n) is 7.82. The first-order chi connectivity index (χ1) is 11.8. The largest absolute Gasteiger partial charge is 0.345 e. The van der Waals surface area contributed by atoms with E-state index in [-0.39, 0.29) is 36.2 Å². The van der Waals surface area contributed by atoms with Gasteiger partial charge >= 0.3 is 0 Å². The van der Waals surface area contributed by atoms with E-state index in [9.17, 15) is 9.59 Å². The van der Waals surface area contributed by atoms with Gasteiger partial charge < -0.3 is 25.0 Å². The first kappa shape index (κ1) is 18.1. The van der Waals surface area contributed by atoms with Crippen molar-refractivity contribution >= 4 is 11.8 Å². The number of nitrogens with zero attached hydrogens (tertiary/aromatic N) is 2. The molecule has 0 saturated carbocycles. The van der Waals surface area contributed by atoms with Crippen LogP contribution in [-0.2, 0) is 19.1 Å². The van der Waals surface area contributed by atoms with E-state index in [4.69, 9.17) is 15.2 Å². The van der Waals surface area contributed by atoms with Crippen LogP contribution in [0.5, 0.6) is 0 Å². The summed E-state index contributed by atoms with van der Waals surface area (Å²) in [4.78, 5) is 28.7. The van der Waals surface area contributed by atoms with Gasteiger partial charge in [-0.3, -0.25) is 9.59 Å². The molecule has 3 aliphatic rings. The zero-order valence-electron chi connectivity index (χ0n) is 15.1. The van der Waals surface area contributed by atoms with Crippen molar-refractivity contribution in [2.24, 2.45) is 11.1 Å². The van der Waals surface area contributed by atoms with Crippen molar-refractivity contribution in [1.29, 1.82) is 0 Å². The van der Waals surface area contributed by atoms with Crippen LogP contribution in [0.25, 0.3) is 0 Å². The molecule has 3 rings (SSSR count). The van der Waals surface area contributed by atoms with Crippen molar-refractivity contribution < 1.29 is 19.1 Å². The number of carbonyl (C=O) groups excluding carboxylic acids is 2. The second-order valence-corrected chi connectivity index (χ2v) is 7.82. The normalized spacial score (nSPS) is 27.8. The zero-order chi connectivity index (χ0) is 18.2. The highest BCUT2D eigenvalue weighted by molar-refractivity contribution is 5.96. The number of hydrogen-bond acceptors (Lipinski definition) is 5. The van der Waals surface area contributed by atoms with Gasteiger partial charge in [0, 0.05) is 31.8 Å². The summed E-state index contributed by atoms with van der Waals surface area (Å²) in [6.45, 7) is 8.18. The number of amides is 2. The van der Waals surface area contributed by atoms with Gasteiger partial charge in [0.1, 0.15) is 19.0 Å². The van der Waals surface area contributed by atoms with Crippen LogP contribution in [0.15, 0.2) is 23.8 Å². The fourth-order valence-corrected chi connectivity index (χ4v) is 3.15. The van der Waals surface area contributed by atoms with Crippen LogP contribution < -0.4 is 5.73 Å². The molecule has 0 aromatic rings. The lowest BCUT2D eigenvalue weighted by molar-refractivity contribution is -0.140. The Bertz CT molecular complexity index is 600. The zero-order valence-corrected chi connectivity index (χ0v) is 15.1. The van der Waals surface area contributed by atoms with Gasteiger partial charge in [-0.1, -0.05) is 32.9 Å². The molecule has 7 nitrogen and oxygen atoms in total. The van der Waals surface area contributed by atoms with Crippen LogP contribution in [0, 0.1) is 5.41 Å². The summed E-state index contributed by atoms with van der Waals surface area (Å²) in [7, 11) is 0. The average molecular weight is 349 g/mol. The number of carbonyl (C=O) groups is 2. The molecule has 3 atom stereocenters. The number of rotatable bonds is 2. The Hall–Kier alpha value is -1.70. The number of piperazine rings is 1. The van der Waals surface area contributed by atoms with Crippen molar-refractivity contribution in [2.75, 3.05) is 33.0 Å². The minimum absolute atomic E-state index is 0.0302. The number of nitrogens with two attached hydrogens (primary N) is 1. The third kappa shape index (κ3) is 3.78. The third-order valence-corrected chi connectivity index (χ3v) is 4.98. The summed E-state index contributed by atoms with van der Waals surface area (Å²) in [5, 5.41) is 0. The Labute approximate surface area is 148 Å². The lowest BCUT2D eigenvalue weighted by Crippen LogP contribution is -2.57. The van der Waals surface area contributed by atoms with Gasteiger partial charge in [-0.25, -0.2) is 0 Å². The number of ether oxygens (including phenoxy) is 2. The maximum atomic E-state index is 12.7. The van der Waals surface area contributed by atoms with Gasteiger partial charge in [0.05, 0.1) is 6.04 Å². The summed E-state index contributed by atoms with van der Waals surface area (Å²) in [5.41, 5.74) is 6.42. The molecule has 2 fully saturated rings. The highest BCUT2D eigenvalue weighted by Gasteiger charge is 2.34. The Morgan fingerprint density at radius 1 is 1.12 bits per heavy atom. The molecule has 0 bridgehead atoms. The molecule has 7 heteroatoms. The number of hydrogen-bond donors (Lipinski definition) is 1. The summed E-state index contributed by atoms with van der Waals surface area (Å²) in [6, 6.07) is -0.532. The molecule has 0 spiro atoms. The maximum Gasteiger partial charge on any atom is 0.253 e. The summed E-state index contributed by atoms with van der Waals surface area (Å²) in [6.07, 6.45) is 5.21. The molecular formula is C18H27N3O4. The first-order valence-electron chi connectivity index (χ1n) is 8.74. The van der Waals surface area contributed by atoms with Crippen LogP contribution in [0.4, 0.5) is 0 Å². The van der Waals surface area contributed by atoms with Crippen molar-refractivity contribution in [3.8, 4) is 0 Å². The molecule has 0 aromatic heterocycles. The van der Waals surface area contributed by atoms with E-state index in [0.29, 0.717) is 31.8 Å². The smallest absolute Gasteiger partial charge is 0.253 e. The standard InChI is InChI=1S/C18H27N3O4/c1-18(2,3)15(19)17(23)21-8-6-20(7-9-21)16(22)12-4-5-13-14(10-12)25-11-24-13/h4-5,10,13-15H,6-9,11,19H2,1-3H3. The van der Waals surface area contributed by atoms with Crippen molar-refractivity contribution in [3.05, 3.63) is 23.8 Å². The molecule has 2 amide bonds. The van der Waals surface area contributed by atoms with E-state index in [1.807, 2.05) is 32.9 Å².